The van der Waals surface area contributed by atoms with Crippen LogP contribution in [-0.4, -0.2) is 47.8 Å². The van der Waals surface area contributed by atoms with Crippen molar-refractivity contribution < 1.29 is 14.0 Å². The van der Waals surface area contributed by atoms with Crippen molar-refractivity contribution in [2.45, 2.75) is 9.79 Å². The molecule has 4 rings (SSSR count). The zero-order valence-corrected chi connectivity index (χ0v) is 19.1. The quantitative estimate of drug-likeness (QED) is 0.522. The lowest BCUT2D eigenvalue weighted by atomic mass is 10.1. The molecule has 0 saturated carbocycles. The second-order valence-electron chi connectivity index (χ2n) is 7.41. The number of halogens is 2. The zero-order chi connectivity index (χ0) is 23.4. The van der Waals surface area contributed by atoms with Crippen LogP contribution in [-0.2, 0) is 0 Å². The van der Waals surface area contributed by atoms with E-state index >= 15 is 0 Å². The van der Waals surface area contributed by atoms with E-state index in [0.29, 0.717) is 37.3 Å². The van der Waals surface area contributed by atoms with E-state index in [1.807, 2.05) is 30.3 Å². The van der Waals surface area contributed by atoms with Crippen LogP contribution >= 0.6 is 23.4 Å². The third-order valence-electron chi connectivity index (χ3n) is 5.36. The molecule has 3 aromatic carbocycles. The van der Waals surface area contributed by atoms with Gasteiger partial charge in [-0.1, -0.05) is 47.6 Å². The zero-order valence-electron chi connectivity index (χ0n) is 17.5. The smallest absolute Gasteiger partial charge is 0.255 e. The van der Waals surface area contributed by atoms with Gasteiger partial charge in [0.2, 0.25) is 0 Å². The van der Waals surface area contributed by atoms with Crippen LogP contribution in [0.25, 0.3) is 0 Å². The Morgan fingerprint density at radius 3 is 2.06 bits per heavy atom. The molecule has 5 nitrogen and oxygen atoms in total. The van der Waals surface area contributed by atoms with E-state index in [-0.39, 0.29) is 22.4 Å². The summed E-state index contributed by atoms with van der Waals surface area (Å²) in [5.41, 5.74) is 1.35. The fourth-order valence-corrected chi connectivity index (χ4v) is 4.88. The molecule has 1 fully saturated rings. The summed E-state index contributed by atoms with van der Waals surface area (Å²) < 4.78 is 13.3. The van der Waals surface area contributed by atoms with E-state index in [2.05, 4.69) is 6.07 Å². The molecule has 1 aliphatic heterocycles. The molecule has 0 spiro atoms. The van der Waals surface area contributed by atoms with Gasteiger partial charge in [-0.15, -0.1) is 0 Å². The number of benzene rings is 3. The number of carbonyl (C=O) groups excluding carboxylic acids is 2. The molecule has 166 valence electrons. The molecule has 8 heteroatoms. The van der Waals surface area contributed by atoms with E-state index in [1.54, 1.807) is 28.0 Å². The SMILES string of the molecule is N#Cc1ccccc1Sc1ccccc1C(=O)N1CCN(C(=O)c2ccc(F)cc2Cl)CC1. The molecule has 1 heterocycles. The molecule has 33 heavy (non-hydrogen) atoms. The molecule has 0 atom stereocenters. The molecule has 0 unspecified atom stereocenters. The molecule has 0 aromatic heterocycles. The number of nitrogens with zero attached hydrogens (tertiary/aromatic N) is 3. The standard InChI is InChI=1S/C25H19ClFN3O2S/c26-21-15-18(27)9-10-19(21)24(31)29-11-13-30(14-12-29)25(32)20-6-2-4-8-23(20)33-22-7-3-1-5-17(22)16-28/h1-10,15H,11-14H2. The summed E-state index contributed by atoms with van der Waals surface area (Å²) >= 11 is 7.42. The highest BCUT2D eigenvalue weighted by Crippen LogP contribution is 2.33. The fraction of sp³-hybridized carbons (Fsp3) is 0.160. The number of rotatable bonds is 4. The molecule has 0 bridgehead atoms. The Morgan fingerprint density at radius 2 is 1.42 bits per heavy atom. The van der Waals surface area contributed by atoms with Crippen molar-refractivity contribution in [1.29, 1.82) is 5.26 Å². The lowest BCUT2D eigenvalue weighted by Crippen LogP contribution is -2.50. The number of carbonyl (C=O) groups is 2. The molecular formula is C25H19ClFN3O2S. The maximum Gasteiger partial charge on any atom is 0.255 e. The highest BCUT2D eigenvalue weighted by atomic mass is 35.5. The monoisotopic (exact) mass is 479 g/mol. The van der Waals surface area contributed by atoms with Crippen molar-refractivity contribution in [3.8, 4) is 6.07 Å². The van der Waals surface area contributed by atoms with Gasteiger partial charge in [-0.25, -0.2) is 4.39 Å². The van der Waals surface area contributed by atoms with Crippen molar-refractivity contribution in [1.82, 2.24) is 9.80 Å². The average molecular weight is 480 g/mol. The first-order valence-electron chi connectivity index (χ1n) is 10.3. The predicted octanol–water partition coefficient (Wildman–Crippen LogP) is 5.10. The lowest BCUT2D eigenvalue weighted by Gasteiger charge is -2.35. The summed E-state index contributed by atoms with van der Waals surface area (Å²) in [4.78, 5) is 30.9. The van der Waals surface area contributed by atoms with Crippen LogP contribution < -0.4 is 0 Å². The average Bonchev–Trinajstić information content (AvgIpc) is 2.84. The lowest BCUT2D eigenvalue weighted by molar-refractivity contribution is 0.0533. The van der Waals surface area contributed by atoms with Gasteiger partial charge >= 0.3 is 0 Å². The Morgan fingerprint density at radius 1 is 0.848 bits per heavy atom. The third-order valence-corrected chi connectivity index (χ3v) is 6.83. The second kappa shape index (κ2) is 10.1. The van der Waals surface area contributed by atoms with E-state index in [1.165, 1.54) is 23.9 Å². The van der Waals surface area contributed by atoms with Gasteiger partial charge in [-0.2, -0.15) is 5.26 Å². The highest BCUT2D eigenvalue weighted by Gasteiger charge is 2.27. The van der Waals surface area contributed by atoms with Crippen molar-refractivity contribution >= 4 is 35.2 Å². The molecule has 0 aliphatic carbocycles. The first kappa shape index (κ1) is 22.8. The molecule has 1 saturated heterocycles. The minimum Gasteiger partial charge on any atom is -0.335 e. The largest absolute Gasteiger partial charge is 0.335 e. The number of amides is 2. The topological polar surface area (TPSA) is 64.4 Å². The van der Waals surface area contributed by atoms with E-state index < -0.39 is 5.82 Å². The Kier molecular flexibility index (Phi) is 6.97. The van der Waals surface area contributed by atoms with E-state index in [9.17, 15) is 19.2 Å². The van der Waals surface area contributed by atoms with Gasteiger partial charge in [-0.3, -0.25) is 9.59 Å². The fourth-order valence-electron chi connectivity index (χ4n) is 3.62. The Hall–Kier alpha value is -3.34. The van der Waals surface area contributed by atoms with Crippen LogP contribution in [0.1, 0.15) is 26.3 Å². The van der Waals surface area contributed by atoms with Crippen LogP contribution in [0.5, 0.6) is 0 Å². The molecule has 3 aromatic rings. The van der Waals surface area contributed by atoms with E-state index in [0.717, 1.165) is 15.9 Å². The molecule has 1 aliphatic rings. The van der Waals surface area contributed by atoms with Gasteiger partial charge in [0.05, 0.1) is 21.7 Å². The van der Waals surface area contributed by atoms with Crippen LogP contribution in [0, 0.1) is 17.1 Å². The Bertz CT molecular complexity index is 1250. The molecule has 2 amide bonds. The van der Waals surface area contributed by atoms with E-state index in [4.69, 9.17) is 11.6 Å². The summed E-state index contributed by atoms with van der Waals surface area (Å²) in [6.45, 7) is 1.45. The van der Waals surface area contributed by atoms with Gasteiger partial charge in [0.1, 0.15) is 11.9 Å². The third kappa shape index (κ3) is 5.03. The summed E-state index contributed by atoms with van der Waals surface area (Å²) in [5.74, 6) is -0.906. The van der Waals surface area contributed by atoms with Crippen LogP contribution in [0.4, 0.5) is 4.39 Å². The highest BCUT2D eigenvalue weighted by molar-refractivity contribution is 7.99. The summed E-state index contributed by atoms with van der Waals surface area (Å²) in [6.07, 6.45) is 0. The maximum absolute atomic E-state index is 13.3. The van der Waals surface area contributed by atoms with Crippen molar-refractivity contribution in [2.24, 2.45) is 0 Å². The minimum atomic E-state index is -0.499. The number of hydrogen-bond acceptors (Lipinski definition) is 4. The van der Waals surface area contributed by atoms with Gasteiger partial charge < -0.3 is 9.80 Å². The summed E-state index contributed by atoms with van der Waals surface area (Å²) in [7, 11) is 0. The van der Waals surface area contributed by atoms with Gasteiger partial charge in [-0.05, 0) is 42.5 Å². The Labute approximate surface area is 200 Å². The van der Waals surface area contributed by atoms with Gasteiger partial charge in [0.25, 0.3) is 11.8 Å². The summed E-state index contributed by atoms with van der Waals surface area (Å²) in [5, 5.41) is 9.44. The molecule has 0 radical (unpaired) electrons. The first-order valence-corrected chi connectivity index (χ1v) is 11.5. The number of nitriles is 1. The van der Waals surface area contributed by atoms with Crippen molar-refractivity contribution in [3.63, 3.8) is 0 Å². The van der Waals surface area contributed by atoms with Crippen molar-refractivity contribution in [3.05, 3.63) is 94.3 Å². The van der Waals surface area contributed by atoms with Gasteiger partial charge in [0, 0.05) is 36.0 Å². The maximum atomic E-state index is 13.3. The van der Waals surface area contributed by atoms with Crippen LogP contribution in [0.2, 0.25) is 5.02 Å². The van der Waals surface area contributed by atoms with Gasteiger partial charge in [0.15, 0.2) is 0 Å². The molecular weight excluding hydrogens is 461 g/mol. The normalized spacial score (nSPS) is 13.5. The number of piperazine rings is 1. The van der Waals surface area contributed by atoms with Crippen molar-refractivity contribution in [2.75, 3.05) is 26.2 Å². The first-order chi connectivity index (χ1) is 16.0. The minimum absolute atomic E-state index is 0.0714. The van der Waals surface area contributed by atoms with Crippen LogP contribution in [0.15, 0.2) is 76.5 Å². The second-order valence-corrected chi connectivity index (χ2v) is 8.91. The summed E-state index contributed by atoms with van der Waals surface area (Å²) in [6, 6.07) is 20.5. The molecule has 0 N–H and O–H groups in total. The predicted molar refractivity (Wildman–Crippen MR) is 125 cm³/mol. The Balaban J connectivity index is 1.46. The van der Waals surface area contributed by atoms with Crippen LogP contribution in [0.3, 0.4) is 0 Å². The number of hydrogen-bond donors (Lipinski definition) is 0.